The van der Waals surface area contributed by atoms with Gasteiger partial charge in [-0.1, -0.05) is 24.3 Å². The number of benzene rings is 1. The van der Waals surface area contributed by atoms with Gasteiger partial charge >= 0.3 is 5.16 Å². The number of nitrogens with one attached hydrogen (secondary N) is 1. The Bertz CT molecular complexity index is 858. The summed E-state index contributed by atoms with van der Waals surface area (Å²) >= 11 is 1.75. The van der Waals surface area contributed by atoms with Crippen LogP contribution in [-0.2, 0) is 14.1 Å². The molecule has 0 aliphatic rings. The number of nitrogens with zero attached hydrogens (tertiary/aromatic N) is 3. The van der Waals surface area contributed by atoms with Crippen molar-refractivity contribution in [1.82, 2.24) is 4.98 Å². The second kappa shape index (κ2) is 9.15. The number of anilines is 1. The van der Waals surface area contributed by atoms with Gasteiger partial charge in [0.15, 0.2) is 12.4 Å². The van der Waals surface area contributed by atoms with Crippen molar-refractivity contribution in [1.29, 1.82) is 0 Å². The first-order chi connectivity index (χ1) is 12.7. The molecule has 3 rings (SSSR count). The molecule has 0 spiro atoms. The fourth-order valence-electron chi connectivity index (χ4n) is 2.43. The average Bonchev–Trinajstić information content (AvgIpc) is 2.67. The summed E-state index contributed by atoms with van der Waals surface area (Å²) in [6, 6.07) is 14.7. The first kappa shape index (κ1) is 18.1. The van der Waals surface area contributed by atoms with E-state index in [1.54, 1.807) is 11.8 Å². The quantitative estimate of drug-likeness (QED) is 0.303. The molecule has 0 atom stereocenters. The summed E-state index contributed by atoms with van der Waals surface area (Å²) in [7, 11) is 4.04. The topological polar surface area (TPSA) is 32.7 Å². The normalized spacial score (nSPS) is 11.0. The molecule has 3 aromatic rings. The lowest BCUT2D eigenvalue weighted by molar-refractivity contribution is -0.713. The van der Waals surface area contributed by atoms with Crippen molar-refractivity contribution in [3.63, 3.8) is 0 Å². The minimum atomic E-state index is 0.900. The van der Waals surface area contributed by atoms with Crippen molar-refractivity contribution >= 4 is 29.6 Å². The van der Waals surface area contributed by atoms with Crippen LogP contribution in [0.1, 0.15) is 11.1 Å². The molecule has 0 fully saturated rings. The van der Waals surface area contributed by atoms with Gasteiger partial charge in [-0.05, 0) is 40.0 Å². The molecule has 4 nitrogen and oxygen atoms in total. The van der Waals surface area contributed by atoms with E-state index in [1.165, 1.54) is 11.1 Å². The van der Waals surface area contributed by atoms with Gasteiger partial charge in [-0.25, -0.2) is 9.13 Å². The molecule has 0 saturated heterocycles. The predicted octanol–water partition coefficient (Wildman–Crippen LogP) is 3.11. The number of thioether (sulfide) groups is 1. The van der Waals surface area contributed by atoms with Crippen molar-refractivity contribution < 1.29 is 9.13 Å². The van der Waals surface area contributed by atoms with E-state index in [1.807, 2.05) is 41.7 Å². The molecule has 5 heteroatoms. The van der Waals surface area contributed by atoms with Crippen molar-refractivity contribution in [2.75, 3.05) is 17.6 Å². The highest BCUT2D eigenvalue weighted by molar-refractivity contribution is 7.99. The lowest BCUT2D eigenvalue weighted by atomic mass is 10.1. The lowest BCUT2D eigenvalue weighted by Gasteiger charge is -2.05. The summed E-state index contributed by atoms with van der Waals surface area (Å²) in [5.41, 5.74) is 3.53. The van der Waals surface area contributed by atoms with Gasteiger partial charge in [0.1, 0.15) is 13.2 Å². The standard InChI is InChI=1S/C21H23N4S/c1-24-15-10-19(11-16-24)5-4-18-6-8-20(9-7-18)22-13-17-26-21-23-12-3-14-25(21)2/h3-12,14-16H,13,17H2,1-2H3/q+1/p+1. The largest absolute Gasteiger partial charge is 0.384 e. The Morgan fingerprint density at radius 1 is 0.962 bits per heavy atom. The maximum atomic E-state index is 4.37. The second-order valence-corrected chi connectivity index (χ2v) is 7.10. The van der Waals surface area contributed by atoms with Crippen molar-refractivity contribution in [3.8, 4) is 0 Å². The second-order valence-electron chi connectivity index (χ2n) is 6.04. The fourth-order valence-corrected chi connectivity index (χ4v) is 3.22. The molecular weight excluding hydrogens is 340 g/mol. The van der Waals surface area contributed by atoms with Crippen LogP contribution in [0.25, 0.3) is 12.2 Å². The summed E-state index contributed by atoms with van der Waals surface area (Å²) in [6.45, 7) is 0.900. The molecule has 2 aromatic heterocycles. The molecule has 132 valence electrons. The van der Waals surface area contributed by atoms with Gasteiger partial charge in [0.2, 0.25) is 0 Å². The minimum Gasteiger partial charge on any atom is -0.384 e. The predicted molar refractivity (Wildman–Crippen MR) is 108 cm³/mol. The Labute approximate surface area is 159 Å². The van der Waals surface area contributed by atoms with Crippen LogP contribution in [-0.4, -0.2) is 17.3 Å². The van der Waals surface area contributed by atoms with E-state index in [9.17, 15) is 0 Å². The summed E-state index contributed by atoms with van der Waals surface area (Å²) in [5, 5.41) is 4.49. The molecule has 1 aromatic carbocycles. The van der Waals surface area contributed by atoms with Crippen LogP contribution in [0, 0.1) is 0 Å². The number of hydrogen-bond acceptors (Lipinski definition) is 3. The zero-order chi connectivity index (χ0) is 18.2. The van der Waals surface area contributed by atoms with Crippen LogP contribution in [0.4, 0.5) is 5.69 Å². The van der Waals surface area contributed by atoms with Crippen molar-refractivity contribution in [2.45, 2.75) is 5.16 Å². The first-order valence-corrected chi connectivity index (χ1v) is 9.60. The summed E-state index contributed by atoms with van der Waals surface area (Å²) in [6.07, 6.45) is 12.2. The van der Waals surface area contributed by atoms with Crippen LogP contribution < -0.4 is 14.5 Å². The molecule has 0 bridgehead atoms. The molecule has 0 saturated carbocycles. The van der Waals surface area contributed by atoms with Crippen molar-refractivity contribution in [2.24, 2.45) is 14.1 Å². The SMILES string of the molecule is C[n+]1ccc(/C=C/c2ccc(NCCSc3nccc[n+]3C)cc2)cc1. The van der Waals surface area contributed by atoms with Crippen LogP contribution >= 0.6 is 11.8 Å². The molecule has 0 aliphatic heterocycles. The van der Waals surface area contributed by atoms with E-state index in [0.717, 1.165) is 23.1 Å². The van der Waals surface area contributed by atoms with Crippen LogP contribution in [0.15, 0.2) is 72.4 Å². The van der Waals surface area contributed by atoms with Gasteiger partial charge < -0.3 is 5.32 Å². The van der Waals surface area contributed by atoms with Gasteiger partial charge in [-0.15, -0.1) is 0 Å². The Kier molecular flexibility index (Phi) is 6.39. The third kappa shape index (κ3) is 5.43. The highest BCUT2D eigenvalue weighted by atomic mass is 32.2. The van der Waals surface area contributed by atoms with Crippen LogP contribution in [0.3, 0.4) is 0 Å². The smallest absolute Gasteiger partial charge is 0.358 e. The molecule has 2 heterocycles. The van der Waals surface area contributed by atoms with Crippen LogP contribution in [0.5, 0.6) is 0 Å². The highest BCUT2D eigenvalue weighted by Crippen LogP contribution is 2.14. The zero-order valence-corrected chi connectivity index (χ0v) is 16.0. The Morgan fingerprint density at radius 3 is 2.35 bits per heavy atom. The monoisotopic (exact) mass is 364 g/mol. The maximum absolute atomic E-state index is 4.37. The van der Waals surface area contributed by atoms with Crippen molar-refractivity contribution in [3.05, 3.63) is 78.4 Å². The molecule has 0 aliphatic carbocycles. The molecule has 0 radical (unpaired) electrons. The number of hydrogen-bond donors (Lipinski definition) is 1. The Morgan fingerprint density at radius 2 is 1.65 bits per heavy atom. The number of aryl methyl sites for hydroxylation is 2. The number of rotatable bonds is 7. The maximum Gasteiger partial charge on any atom is 0.358 e. The third-order valence-corrected chi connectivity index (χ3v) is 4.99. The minimum absolute atomic E-state index is 0.900. The number of aromatic nitrogens is 3. The van der Waals surface area contributed by atoms with Gasteiger partial charge in [-0.2, -0.15) is 0 Å². The fraction of sp³-hybridized carbons (Fsp3) is 0.190. The van der Waals surface area contributed by atoms with E-state index < -0.39 is 0 Å². The van der Waals surface area contributed by atoms with Gasteiger partial charge in [0, 0.05) is 36.2 Å². The van der Waals surface area contributed by atoms with Gasteiger partial charge in [0.05, 0.1) is 13.2 Å². The third-order valence-electron chi connectivity index (χ3n) is 3.93. The summed E-state index contributed by atoms with van der Waals surface area (Å²) in [4.78, 5) is 4.37. The van der Waals surface area contributed by atoms with E-state index in [2.05, 4.69) is 71.2 Å². The average molecular weight is 365 g/mol. The molecule has 0 unspecified atom stereocenters. The molecule has 26 heavy (non-hydrogen) atoms. The van der Waals surface area contributed by atoms with Crippen LogP contribution in [0.2, 0.25) is 0 Å². The Balaban J connectivity index is 1.47. The zero-order valence-electron chi connectivity index (χ0n) is 15.2. The van der Waals surface area contributed by atoms with Gasteiger partial charge in [-0.3, -0.25) is 0 Å². The van der Waals surface area contributed by atoms with E-state index in [-0.39, 0.29) is 0 Å². The Hall–Kier alpha value is -2.66. The van der Waals surface area contributed by atoms with Gasteiger partial charge in [0.25, 0.3) is 0 Å². The molecular formula is C21H24N4S+2. The van der Waals surface area contributed by atoms with E-state index >= 15 is 0 Å². The molecule has 1 N–H and O–H groups in total. The van der Waals surface area contributed by atoms with E-state index in [4.69, 9.17) is 0 Å². The first-order valence-electron chi connectivity index (χ1n) is 8.61. The highest BCUT2D eigenvalue weighted by Gasteiger charge is 2.07. The lowest BCUT2D eigenvalue weighted by Crippen LogP contribution is -2.31. The summed E-state index contributed by atoms with van der Waals surface area (Å²) < 4.78 is 4.07. The van der Waals surface area contributed by atoms with E-state index in [0.29, 0.717) is 0 Å². The summed E-state index contributed by atoms with van der Waals surface area (Å²) in [5.74, 6) is 0.970. The number of pyridine rings is 1. The molecule has 0 amide bonds.